The maximum absolute atomic E-state index is 13.0. The van der Waals surface area contributed by atoms with Crippen LogP contribution in [0.5, 0.6) is 11.6 Å². The molecule has 5 aromatic rings. The minimum absolute atomic E-state index is 0.100. The lowest BCUT2D eigenvalue weighted by Crippen LogP contribution is -2.15. The predicted octanol–water partition coefficient (Wildman–Crippen LogP) is 6.16. The van der Waals surface area contributed by atoms with E-state index < -0.39 is 5.82 Å². The standard InChI is InChI=1S/C28H19ClFN3O3.CH5N/c29-20-3-1-18(2-4-20)15-33-16-19(17-34)28(35)25-11-8-23(13-26(25)33)32-22-6-9-24(10-7-22)36-27-12-5-21(30)14-31-27;1-2/h1-14,16-17,32H,15H2;2H2,1H3. The van der Waals surface area contributed by atoms with E-state index in [4.69, 9.17) is 16.3 Å². The number of ether oxygens (including phenoxy) is 1. The fraction of sp³-hybridized carbons (Fsp3) is 0.0690. The van der Waals surface area contributed by atoms with E-state index in [1.807, 2.05) is 34.9 Å². The molecule has 0 unspecified atom stereocenters. The van der Waals surface area contributed by atoms with Crippen molar-refractivity contribution in [2.45, 2.75) is 6.54 Å². The lowest BCUT2D eigenvalue weighted by Gasteiger charge is -2.14. The second kappa shape index (κ2) is 12.1. The van der Waals surface area contributed by atoms with Crippen LogP contribution < -0.4 is 21.2 Å². The number of rotatable bonds is 7. The summed E-state index contributed by atoms with van der Waals surface area (Å²) in [7, 11) is 1.50. The Hall–Kier alpha value is -4.53. The normalized spacial score (nSPS) is 10.4. The van der Waals surface area contributed by atoms with E-state index in [-0.39, 0.29) is 11.0 Å². The molecule has 38 heavy (non-hydrogen) atoms. The summed E-state index contributed by atoms with van der Waals surface area (Å²) in [6.07, 6.45) is 3.25. The van der Waals surface area contributed by atoms with Gasteiger partial charge in [-0.2, -0.15) is 0 Å². The van der Waals surface area contributed by atoms with Crippen LogP contribution in [-0.2, 0) is 6.54 Å². The summed E-state index contributed by atoms with van der Waals surface area (Å²) in [6.45, 7) is 0.460. The molecule has 5 rings (SSSR count). The van der Waals surface area contributed by atoms with Crippen LogP contribution in [0, 0.1) is 5.82 Å². The molecule has 0 spiro atoms. The Morgan fingerprint density at radius 1 is 1.00 bits per heavy atom. The van der Waals surface area contributed by atoms with Crippen LogP contribution in [-0.4, -0.2) is 22.9 Å². The molecule has 0 amide bonds. The molecular formula is C29H24ClFN4O3. The summed E-state index contributed by atoms with van der Waals surface area (Å²) in [5, 5.41) is 4.40. The molecule has 0 saturated heterocycles. The van der Waals surface area contributed by atoms with Crippen molar-refractivity contribution in [1.82, 2.24) is 9.55 Å². The number of pyridine rings is 2. The quantitative estimate of drug-likeness (QED) is 0.244. The Morgan fingerprint density at radius 2 is 1.71 bits per heavy atom. The van der Waals surface area contributed by atoms with Gasteiger partial charge in [-0.3, -0.25) is 9.59 Å². The zero-order valence-corrected chi connectivity index (χ0v) is 21.2. The van der Waals surface area contributed by atoms with Crippen LogP contribution in [0.4, 0.5) is 15.8 Å². The van der Waals surface area contributed by atoms with Gasteiger partial charge >= 0.3 is 0 Å². The largest absolute Gasteiger partial charge is 0.439 e. The number of benzene rings is 3. The Kier molecular flexibility index (Phi) is 8.47. The van der Waals surface area contributed by atoms with Gasteiger partial charge in [0.15, 0.2) is 11.7 Å². The van der Waals surface area contributed by atoms with Gasteiger partial charge in [0.2, 0.25) is 5.88 Å². The van der Waals surface area contributed by atoms with Crippen molar-refractivity contribution in [3.8, 4) is 11.6 Å². The van der Waals surface area contributed by atoms with E-state index in [0.29, 0.717) is 40.4 Å². The lowest BCUT2D eigenvalue weighted by atomic mass is 10.1. The van der Waals surface area contributed by atoms with Crippen molar-refractivity contribution in [3.63, 3.8) is 0 Å². The number of nitrogens with zero attached hydrogens (tertiary/aromatic N) is 2. The molecule has 192 valence electrons. The summed E-state index contributed by atoms with van der Waals surface area (Å²) >= 11 is 6.00. The minimum atomic E-state index is -0.432. The van der Waals surface area contributed by atoms with Crippen LogP contribution in [0.3, 0.4) is 0 Å². The minimum Gasteiger partial charge on any atom is -0.439 e. The fourth-order valence-corrected chi connectivity index (χ4v) is 3.93. The van der Waals surface area contributed by atoms with Gasteiger partial charge in [0.25, 0.3) is 0 Å². The molecule has 0 radical (unpaired) electrons. The monoisotopic (exact) mass is 530 g/mol. The van der Waals surface area contributed by atoms with Gasteiger partial charge in [0.1, 0.15) is 11.6 Å². The Bertz CT molecular complexity index is 1600. The van der Waals surface area contributed by atoms with Crippen molar-refractivity contribution in [2.24, 2.45) is 5.73 Å². The fourth-order valence-electron chi connectivity index (χ4n) is 3.81. The highest BCUT2D eigenvalue weighted by Crippen LogP contribution is 2.26. The van der Waals surface area contributed by atoms with E-state index in [1.165, 1.54) is 19.2 Å². The first-order valence-corrected chi connectivity index (χ1v) is 12.0. The molecule has 0 aliphatic rings. The topological polar surface area (TPSA) is 99.2 Å². The summed E-state index contributed by atoms with van der Waals surface area (Å²) in [5.74, 6) is 0.412. The molecular weight excluding hydrogens is 507 g/mol. The highest BCUT2D eigenvalue weighted by Gasteiger charge is 2.11. The molecule has 2 aromatic heterocycles. The van der Waals surface area contributed by atoms with Gasteiger partial charge in [0, 0.05) is 40.6 Å². The maximum atomic E-state index is 13.0. The number of aromatic nitrogens is 2. The summed E-state index contributed by atoms with van der Waals surface area (Å²) < 4.78 is 20.5. The summed E-state index contributed by atoms with van der Waals surface area (Å²) in [4.78, 5) is 28.2. The molecule has 0 fully saturated rings. The highest BCUT2D eigenvalue weighted by atomic mass is 35.5. The van der Waals surface area contributed by atoms with Crippen molar-refractivity contribution in [1.29, 1.82) is 0 Å². The number of hydrogen-bond acceptors (Lipinski definition) is 6. The molecule has 0 atom stereocenters. The van der Waals surface area contributed by atoms with Gasteiger partial charge in [-0.05, 0) is 73.3 Å². The third-order valence-corrected chi connectivity index (χ3v) is 5.82. The molecule has 0 aliphatic carbocycles. The third-order valence-electron chi connectivity index (χ3n) is 5.57. The number of anilines is 2. The molecule has 3 aromatic carbocycles. The number of nitrogens with two attached hydrogens (primary N) is 1. The van der Waals surface area contributed by atoms with Crippen LogP contribution in [0.25, 0.3) is 10.9 Å². The second-order valence-electron chi connectivity index (χ2n) is 8.08. The first-order chi connectivity index (χ1) is 18.5. The van der Waals surface area contributed by atoms with Gasteiger partial charge < -0.3 is 20.4 Å². The number of fused-ring (bicyclic) bond motifs is 1. The Morgan fingerprint density at radius 3 is 2.37 bits per heavy atom. The van der Waals surface area contributed by atoms with Crippen LogP contribution in [0.15, 0.2) is 96.1 Å². The van der Waals surface area contributed by atoms with E-state index in [0.717, 1.165) is 23.1 Å². The number of hydrogen-bond donors (Lipinski definition) is 2. The number of carbonyl (C=O) groups is 1. The lowest BCUT2D eigenvalue weighted by molar-refractivity contribution is 0.112. The Labute approximate surface area is 223 Å². The van der Waals surface area contributed by atoms with Gasteiger partial charge in [0.05, 0.1) is 17.3 Å². The molecule has 3 N–H and O–H groups in total. The second-order valence-corrected chi connectivity index (χ2v) is 8.52. The number of halogens is 2. The van der Waals surface area contributed by atoms with Crippen LogP contribution in [0.1, 0.15) is 15.9 Å². The van der Waals surface area contributed by atoms with Crippen molar-refractivity contribution < 1.29 is 13.9 Å². The zero-order chi connectivity index (χ0) is 27.1. The SMILES string of the molecule is CN.O=Cc1cn(Cc2ccc(Cl)cc2)c2cc(Nc3ccc(Oc4ccc(F)cn4)cc3)ccc2c1=O. The van der Waals surface area contributed by atoms with Gasteiger partial charge in [-0.25, -0.2) is 9.37 Å². The number of carbonyl (C=O) groups excluding carboxylic acids is 1. The first-order valence-electron chi connectivity index (χ1n) is 11.6. The average Bonchev–Trinajstić information content (AvgIpc) is 2.95. The van der Waals surface area contributed by atoms with Crippen LogP contribution >= 0.6 is 11.6 Å². The van der Waals surface area contributed by atoms with Crippen LogP contribution in [0.2, 0.25) is 5.02 Å². The zero-order valence-electron chi connectivity index (χ0n) is 20.4. The van der Waals surface area contributed by atoms with Crippen molar-refractivity contribution >= 4 is 40.2 Å². The smallest absolute Gasteiger partial charge is 0.219 e. The number of nitrogens with one attached hydrogen (secondary N) is 1. The van der Waals surface area contributed by atoms with E-state index in [1.54, 1.807) is 42.6 Å². The third kappa shape index (κ3) is 6.23. The predicted molar refractivity (Wildman–Crippen MR) is 148 cm³/mol. The highest BCUT2D eigenvalue weighted by molar-refractivity contribution is 6.30. The summed E-state index contributed by atoms with van der Waals surface area (Å²) in [6, 6.07) is 22.7. The molecule has 0 aliphatic heterocycles. The molecule has 9 heteroatoms. The number of aldehydes is 1. The molecule has 0 bridgehead atoms. The molecule has 0 saturated carbocycles. The van der Waals surface area contributed by atoms with E-state index >= 15 is 0 Å². The average molecular weight is 531 g/mol. The van der Waals surface area contributed by atoms with Crippen molar-refractivity contribution in [2.75, 3.05) is 12.4 Å². The van der Waals surface area contributed by atoms with Gasteiger partial charge in [-0.1, -0.05) is 23.7 Å². The first kappa shape index (κ1) is 26.5. The Balaban J connectivity index is 0.00000164. The van der Waals surface area contributed by atoms with Gasteiger partial charge in [-0.15, -0.1) is 0 Å². The van der Waals surface area contributed by atoms with E-state index in [2.05, 4.69) is 16.0 Å². The molecule has 2 heterocycles. The molecule has 7 nitrogen and oxygen atoms in total. The van der Waals surface area contributed by atoms with Crippen molar-refractivity contribution in [3.05, 3.63) is 123 Å². The summed E-state index contributed by atoms with van der Waals surface area (Å²) in [5.41, 5.74) is 7.52. The maximum Gasteiger partial charge on any atom is 0.219 e. The van der Waals surface area contributed by atoms with E-state index in [9.17, 15) is 14.0 Å².